The smallest absolute Gasteiger partial charge is 0.305 e. The molecular formula is C27H38Cl2O4. The number of alkyl halides is 2. The number of esters is 2. The van der Waals surface area contributed by atoms with E-state index in [1.54, 1.807) is 0 Å². The Kier molecular flexibility index (Phi) is 12.3. The Hall–Kier alpha value is -1.52. The minimum Gasteiger partial charge on any atom is -0.469 e. The van der Waals surface area contributed by atoms with Crippen LogP contribution in [-0.2, 0) is 19.1 Å². The molecular weight excluding hydrogens is 459 g/mol. The second kappa shape index (κ2) is 14.7. The molecule has 1 unspecified atom stereocenters. The summed E-state index contributed by atoms with van der Waals surface area (Å²) in [5.74, 6) is 0.0105. The summed E-state index contributed by atoms with van der Waals surface area (Å²) in [6, 6.07) is 8.38. The number of methoxy groups -OCH3 is 1. The third kappa shape index (κ3) is 8.98. The molecule has 4 nitrogen and oxygen atoms in total. The molecule has 0 N–H and O–H groups in total. The van der Waals surface area contributed by atoms with Gasteiger partial charge in [-0.15, -0.1) is 23.2 Å². The minimum atomic E-state index is -0.249. The molecule has 1 aromatic rings. The van der Waals surface area contributed by atoms with E-state index in [4.69, 9.17) is 27.9 Å². The summed E-state index contributed by atoms with van der Waals surface area (Å²) in [5.41, 5.74) is 2.21. The van der Waals surface area contributed by atoms with Gasteiger partial charge in [0.2, 0.25) is 0 Å². The van der Waals surface area contributed by atoms with Gasteiger partial charge in [0.05, 0.1) is 7.11 Å². The van der Waals surface area contributed by atoms with Crippen LogP contribution in [0.4, 0.5) is 0 Å². The number of unbranched alkanes of at least 4 members (excludes halogenated alkanes) is 3. The van der Waals surface area contributed by atoms with Gasteiger partial charge in [0.15, 0.2) is 0 Å². The lowest BCUT2D eigenvalue weighted by molar-refractivity contribution is -0.147. The maximum absolute atomic E-state index is 11.6. The maximum Gasteiger partial charge on any atom is 0.305 e. The fraction of sp³-hybridized carbons (Fsp3) is 0.630. The van der Waals surface area contributed by atoms with Crippen molar-refractivity contribution in [1.82, 2.24) is 0 Å². The standard InChI is InChI=1S/C27H38Cl2O4/c1-4-5-8-12-25(33-19(2)30)20-14-16-21(17-15-20)27-22(23(28)18-24(27)29)11-9-6-7-10-13-26(31)32-3/h6,9,14-17,22-25,27H,4-5,7-8,10-13,18H2,1-3H3/b9-6-/t22-,23-,24+,25?,27+/m0/s1. The maximum atomic E-state index is 11.6. The third-order valence-electron chi connectivity index (χ3n) is 6.39. The van der Waals surface area contributed by atoms with Crippen LogP contribution in [0.1, 0.15) is 94.8 Å². The second-order valence-corrected chi connectivity index (χ2v) is 10.0. The molecule has 1 aliphatic carbocycles. The van der Waals surface area contributed by atoms with Crippen LogP contribution in [0.3, 0.4) is 0 Å². The fourth-order valence-electron chi connectivity index (χ4n) is 4.62. The highest BCUT2D eigenvalue weighted by atomic mass is 35.5. The molecule has 0 heterocycles. The fourth-order valence-corrected chi connectivity index (χ4v) is 5.69. The number of carbonyl (C=O) groups excluding carboxylic acids is 2. The van der Waals surface area contributed by atoms with Crippen molar-refractivity contribution >= 4 is 35.1 Å². The molecule has 2 rings (SSSR count). The molecule has 0 bridgehead atoms. The number of ether oxygens (including phenoxy) is 2. The van der Waals surface area contributed by atoms with Crippen molar-refractivity contribution in [3.63, 3.8) is 0 Å². The van der Waals surface area contributed by atoms with E-state index in [1.807, 2.05) is 0 Å². The first-order valence-electron chi connectivity index (χ1n) is 12.1. The van der Waals surface area contributed by atoms with Gasteiger partial charge in [-0.1, -0.05) is 56.2 Å². The Morgan fingerprint density at radius 1 is 1.09 bits per heavy atom. The van der Waals surface area contributed by atoms with Gasteiger partial charge in [0.1, 0.15) is 6.10 Å². The van der Waals surface area contributed by atoms with Gasteiger partial charge < -0.3 is 9.47 Å². The molecule has 1 fully saturated rings. The van der Waals surface area contributed by atoms with Crippen molar-refractivity contribution in [3.05, 3.63) is 47.5 Å². The van der Waals surface area contributed by atoms with E-state index in [-0.39, 0.29) is 40.6 Å². The monoisotopic (exact) mass is 496 g/mol. The average molecular weight is 498 g/mol. The normalized spacial score (nSPS) is 23.5. The first-order chi connectivity index (χ1) is 15.9. The Bertz CT molecular complexity index is 762. The summed E-state index contributed by atoms with van der Waals surface area (Å²) in [7, 11) is 1.41. The Morgan fingerprint density at radius 3 is 2.45 bits per heavy atom. The molecule has 0 radical (unpaired) electrons. The summed E-state index contributed by atoms with van der Waals surface area (Å²) in [6.07, 6.45) is 11.9. The largest absolute Gasteiger partial charge is 0.469 e. The molecule has 0 aromatic heterocycles. The number of hydrogen-bond acceptors (Lipinski definition) is 4. The minimum absolute atomic E-state index is 0.00936. The van der Waals surface area contributed by atoms with Crippen LogP contribution in [0.25, 0.3) is 0 Å². The number of hydrogen-bond donors (Lipinski definition) is 0. The summed E-state index contributed by atoms with van der Waals surface area (Å²) >= 11 is 13.4. The zero-order valence-electron chi connectivity index (χ0n) is 20.1. The highest BCUT2D eigenvalue weighted by Crippen LogP contribution is 2.47. The summed E-state index contributed by atoms with van der Waals surface area (Å²) in [6.45, 7) is 3.63. The first kappa shape index (κ1) is 27.7. The van der Waals surface area contributed by atoms with E-state index in [9.17, 15) is 9.59 Å². The molecule has 6 heteroatoms. The van der Waals surface area contributed by atoms with Crippen LogP contribution < -0.4 is 0 Å². The zero-order chi connectivity index (χ0) is 24.2. The highest BCUT2D eigenvalue weighted by Gasteiger charge is 2.41. The summed E-state index contributed by atoms with van der Waals surface area (Å²) < 4.78 is 10.3. The van der Waals surface area contributed by atoms with Crippen LogP contribution in [0, 0.1) is 5.92 Å². The Labute approximate surface area is 209 Å². The van der Waals surface area contributed by atoms with E-state index >= 15 is 0 Å². The lowest BCUT2D eigenvalue weighted by Crippen LogP contribution is -2.16. The van der Waals surface area contributed by atoms with Crippen LogP contribution in [0.5, 0.6) is 0 Å². The molecule has 0 saturated heterocycles. The van der Waals surface area contributed by atoms with E-state index in [2.05, 4.69) is 48.1 Å². The van der Waals surface area contributed by atoms with E-state index < -0.39 is 0 Å². The van der Waals surface area contributed by atoms with Crippen LogP contribution >= 0.6 is 23.2 Å². The van der Waals surface area contributed by atoms with Gasteiger partial charge in [-0.3, -0.25) is 9.59 Å². The van der Waals surface area contributed by atoms with E-state index in [1.165, 1.54) is 19.6 Å². The van der Waals surface area contributed by atoms with Crippen molar-refractivity contribution < 1.29 is 19.1 Å². The Morgan fingerprint density at radius 2 is 1.82 bits per heavy atom. The molecule has 1 aliphatic rings. The van der Waals surface area contributed by atoms with Crippen molar-refractivity contribution in [2.75, 3.05) is 7.11 Å². The zero-order valence-corrected chi connectivity index (χ0v) is 21.6. The van der Waals surface area contributed by atoms with Gasteiger partial charge >= 0.3 is 11.9 Å². The van der Waals surface area contributed by atoms with Crippen LogP contribution in [0.15, 0.2) is 36.4 Å². The third-order valence-corrected chi connectivity index (χ3v) is 7.34. The number of carbonyl (C=O) groups is 2. The Balaban J connectivity index is 2.03. The van der Waals surface area contributed by atoms with Gasteiger partial charge in [-0.25, -0.2) is 0 Å². The van der Waals surface area contributed by atoms with E-state index in [0.29, 0.717) is 6.42 Å². The SMILES string of the molecule is CCCCCC(OC(C)=O)c1ccc([C@@H]2[C@@H](C/C=C\CCCC(=O)OC)[C@@H](Cl)C[C@H]2Cl)cc1. The predicted molar refractivity (Wildman–Crippen MR) is 135 cm³/mol. The number of benzene rings is 1. The summed E-state index contributed by atoms with van der Waals surface area (Å²) in [4.78, 5) is 22.8. The van der Waals surface area contributed by atoms with Crippen molar-refractivity contribution in [2.45, 2.75) is 94.4 Å². The number of halogens is 2. The lowest BCUT2D eigenvalue weighted by atomic mass is 9.85. The average Bonchev–Trinajstić information content (AvgIpc) is 3.07. The first-order valence-corrected chi connectivity index (χ1v) is 13.0. The van der Waals surface area contributed by atoms with Gasteiger partial charge in [-0.05, 0) is 55.6 Å². The van der Waals surface area contributed by atoms with Crippen LogP contribution in [-0.4, -0.2) is 29.8 Å². The predicted octanol–water partition coefficient (Wildman–Crippen LogP) is 7.48. The quantitative estimate of drug-likeness (QED) is 0.123. The number of rotatable bonds is 13. The van der Waals surface area contributed by atoms with Gasteiger partial charge in [0.25, 0.3) is 0 Å². The second-order valence-electron chi connectivity index (χ2n) is 8.89. The molecule has 184 valence electrons. The van der Waals surface area contributed by atoms with Crippen LogP contribution in [0.2, 0.25) is 0 Å². The lowest BCUT2D eigenvalue weighted by Gasteiger charge is -2.24. The van der Waals surface area contributed by atoms with Crippen molar-refractivity contribution in [3.8, 4) is 0 Å². The van der Waals surface area contributed by atoms with Crippen molar-refractivity contribution in [2.24, 2.45) is 5.92 Å². The number of allylic oxidation sites excluding steroid dienone is 2. The molecule has 1 aromatic carbocycles. The topological polar surface area (TPSA) is 52.6 Å². The molecule has 1 saturated carbocycles. The molecule has 5 atom stereocenters. The summed E-state index contributed by atoms with van der Waals surface area (Å²) in [5, 5.41) is 0.0182. The highest BCUT2D eigenvalue weighted by molar-refractivity contribution is 6.25. The molecule has 0 amide bonds. The molecule has 0 spiro atoms. The molecule has 0 aliphatic heterocycles. The van der Waals surface area contributed by atoms with Crippen molar-refractivity contribution in [1.29, 1.82) is 0 Å². The van der Waals surface area contributed by atoms with Gasteiger partial charge in [0, 0.05) is 30.0 Å². The van der Waals surface area contributed by atoms with E-state index in [0.717, 1.165) is 56.9 Å². The molecule has 33 heavy (non-hydrogen) atoms. The van der Waals surface area contributed by atoms with Gasteiger partial charge in [-0.2, -0.15) is 0 Å².